The molecule has 0 bridgehead atoms. The summed E-state index contributed by atoms with van der Waals surface area (Å²) >= 11 is 0. The number of rotatable bonds is 8. The molecule has 1 unspecified atom stereocenters. The van der Waals surface area contributed by atoms with Crippen LogP contribution < -0.4 is 5.32 Å². The summed E-state index contributed by atoms with van der Waals surface area (Å²) in [6.07, 6.45) is 8.18. The fourth-order valence-electron chi connectivity index (χ4n) is 3.22. The topological polar surface area (TPSA) is 49.4 Å². The summed E-state index contributed by atoms with van der Waals surface area (Å²) in [5.74, 6) is 0.147. The molecule has 0 aromatic heterocycles. The van der Waals surface area contributed by atoms with E-state index < -0.39 is 0 Å². The third kappa shape index (κ3) is 5.99. The molecule has 1 aromatic rings. The van der Waals surface area contributed by atoms with Gasteiger partial charge < -0.3 is 10.2 Å². The molecule has 1 fully saturated rings. The maximum absolute atomic E-state index is 12.4. The summed E-state index contributed by atoms with van der Waals surface area (Å²) in [6, 6.07) is 9.52. The minimum atomic E-state index is -0.0944. The number of amides is 2. The van der Waals surface area contributed by atoms with E-state index in [1.807, 2.05) is 35.2 Å². The quantitative estimate of drug-likeness (QED) is 0.725. The molecule has 1 aliphatic heterocycles. The predicted octanol–water partition coefficient (Wildman–Crippen LogP) is 4.22. The van der Waals surface area contributed by atoms with Crippen LogP contribution in [0.5, 0.6) is 0 Å². The molecule has 1 heterocycles. The van der Waals surface area contributed by atoms with Crippen LogP contribution in [-0.2, 0) is 9.59 Å². The smallest absolute Gasteiger partial charge is 0.229 e. The molecule has 0 aliphatic carbocycles. The summed E-state index contributed by atoms with van der Waals surface area (Å²) in [4.78, 5) is 26.7. The van der Waals surface area contributed by atoms with Gasteiger partial charge >= 0.3 is 0 Å². The molecule has 1 saturated heterocycles. The van der Waals surface area contributed by atoms with Crippen LogP contribution in [0.4, 0.5) is 5.69 Å². The Bertz CT molecular complexity index is 516. The van der Waals surface area contributed by atoms with E-state index in [1.54, 1.807) is 0 Å². The third-order valence-electron chi connectivity index (χ3n) is 4.68. The number of likely N-dealkylation sites (tertiary alicyclic amines) is 1. The number of anilines is 1. The van der Waals surface area contributed by atoms with E-state index in [-0.39, 0.29) is 17.7 Å². The van der Waals surface area contributed by atoms with Crippen molar-refractivity contribution in [1.29, 1.82) is 0 Å². The summed E-state index contributed by atoms with van der Waals surface area (Å²) in [5.41, 5.74) is 0.821. The van der Waals surface area contributed by atoms with Gasteiger partial charge in [0.25, 0.3) is 0 Å². The molecule has 0 saturated carbocycles. The monoisotopic (exact) mass is 330 g/mol. The first-order valence-electron chi connectivity index (χ1n) is 9.34. The zero-order valence-electron chi connectivity index (χ0n) is 14.8. The summed E-state index contributed by atoms with van der Waals surface area (Å²) in [6.45, 7) is 3.55. The van der Waals surface area contributed by atoms with Gasteiger partial charge in [-0.2, -0.15) is 0 Å². The first-order chi connectivity index (χ1) is 11.7. The fraction of sp³-hybridized carbons (Fsp3) is 0.600. The minimum Gasteiger partial charge on any atom is -0.342 e. The van der Waals surface area contributed by atoms with Crippen LogP contribution in [0.25, 0.3) is 0 Å². The van der Waals surface area contributed by atoms with Crippen molar-refractivity contribution in [3.63, 3.8) is 0 Å². The third-order valence-corrected chi connectivity index (χ3v) is 4.68. The molecule has 4 nitrogen and oxygen atoms in total. The molecule has 4 heteroatoms. The highest BCUT2D eigenvalue weighted by molar-refractivity contribution is 5.93. The Morgan fingerprint density at radius 3 is 2.62 bits per heavy atom. The Labute approximate surface area is 145 Å². The molecule has 2 amide bonds. The van der Waals surface area contributed by atoms with Gasteiger partial charge in [0.1, 0.15) is 0 Å². The summed E-state index contributed by atoms with van der Waals surface area (Å²) in [5, 5.41) is 2.96. The lowest BCUT2D eigenvalue weighted by molar-refractivity contribution is -0.134. The first-order valence-corrected chi connectivity index (χ1v) is 9.34. The Hall–Kier alpha value is -1.84. The SMILES string of the molecule is CCCCCCCC(=O)N1CCCC(C(=O)Nc2ccccc2)C1. The van der Waals surface area contributed by atoms with Crippen LogP contribution in [0.15, 0.2) is 30.3 Å². The van der Waals surface area contributed by atoms with Crippen LogP contribution >= 0.6 is 0 Å². The molecule has 0 spiro atoms. The molecule has 2 rings (SSSR count). The summed E-state index contributed by atoms with van der Waals surface area (Å²) < 4.78 is 0. The highest BCUT2D eigenvalue weighted by atomic mass is 16.2. The van der Waals surface area contributed by atoms with Gasteiger partial charge in [-0.1, -0.05) is 50.8 Å². The second-order valence-electron chi connectivity index (χ2n) is 6.70. The molecule has 1 aromatic carbocycles. The van der Waals surface area contributed by atoms with Gasteiger partial charge in [-0.3, -0.25) is 9.59 Å². The van der Waals surface area contributed by atoms with Gasteiger partial charge in [-0.15, -0.1) is 0 Å². The number of nitrogens with one attached hydrogen (secondary N) is 1. The Morgan fingerprint density at radius 2 is 1.88 bits per heavy atom. The van der Waals surface area contributed by atoms with Crippen molar-refractivity contribution in [3.8, 4) is 0 Å². The summed E-state index contributed by atoms with van der Waals surface area (Å²) in [7, 11) is 0. The van der Waals surface area contributed by atoms with E-state index in [0.717, 1.165) is 37.9 Å². The van der Waals surface area contributed by atoms with Gasteiger partial charge in [0.2, 0.25) is 11.8 Å². The largest absolute Gasteiger partial charge is 0.342 e. The van der Waals surface area contributed by atoms with Crippen molar-refractivity contribution in [2.75, 3.05) is 18.4 Å². The minimum absolute atomic E-state index is 0.0293. The van der Waals surface area contributed by atoms with Gasteiger partial charge in [-0.05, 0) is 31.4 Å². The second kappa shape index (κ2) is 10.1. The van der Waals surface area contributed by atoms with E-state index in [9.17, 15) is 9.59 Å². The Balaban J connectivity index is 1.76. The van der Waals surface area contributed by atoms with Crippen LogP contribution in [0.2, 0.25) is 0 Å². The number of piperidine rings is 1. The van der Waals surface area contributed by atoms with E-state index in [0.29, 0.717) is 13.0 Å². The highest BCUT2D eigenvalue weighted by Crippen LogP contribution is 2.20. The van der Waals surface area contributed by atoms with Crippen molar-refractivity contribution in [2.24, 2.45) is 5.92 Å². The van der Waals surface area contributed by atoms with Crippen molar-refractivity contribution in [1.82, 2.24) is 4.90 Å². The first kappa shape index (κ1) is 18.5. The zero-order valence-corrected chi connectivity index (χ0v) is 14.8. The second-order valence-corrected chi connectivity index (χ2v) is 6.70. The average molecular weight is 330 g/mol. The Kier molecular flexibility index (Phi) is 7.80. The molecule has 132 valence electrons. The maximum atomic E-state index is 12.4. The van der Waals surface area contributed by atoms with Crippen LogP contribution in [-0.4, -0.2) is 29.8 Å². The van der Waals surface area contributed by atoms with Crippen LogP contribution in [0.3, 0.4) is 0 Å². The molecule has 1 atom stereocenters. The van der Waals surface area contributed by atoms with E-state index in [4.69, 9.17) is 0 Å². The normalized spacial score (nSPS) is 17.5. The molecular formula is C20H30N2O2. The van der Waals surface area contributed by atoms with E-state index in [1.165, 1.54) is 19.3 Å². The standard InChI is InChI=1S/C20H30N2O2/c1-2-3-4-5-9-14-19(23)22-15-10-11-17(16-22)20(24)21-18-12-7-6-8-13-18/h6-8,12-13,17H,2-5,9-11,14-16H2,1H3,(H,21,24). The van der Waals surface area contributed by atoms with Crippen molar-refractivity contribution >= 4 is 17.5 Å². The number of benzene rings is 1. The van der Waals surface area contributed by atoms with Gasteiger partial charge in [-0.25, -0.2) is 0 Å². The number of unbranched alkanes of at least 4 members (excludes halogenated alkanes) is 4. The van der Waals surface area contributed by atoms with Crippen molar-refractivity contribution in [2.45, 2.75) is 58.3 Å². The average Bonchev–Trinajstić information content (AvgIpc) is 2.62. The fourth-order valence-corrected chi connectivity index (χ4v) is 3.22. The molecule has 24 heavy (non-hydrogen) atoms. The van der Waals surface area contributed by atoms with Crippen molar-refractivity contribution in [3.05, 3.63) is 30.3 Å². The van der Waals surface area contributed by atoms with Gasteiger partial charge in [0.15, 0.2) is 0 Å². The number of hydrogen-bond donors (Lipinski definition) is 1. The molecular weight excluding hydrogens is 300 g/mol. The Morgan fingerprint density at radius 1 is 1.12 bits per heavy atom. The predicted molar refractivity (Wildman–Crippen MR) is 97.8 cm³/mol. The lowest BCUT2D eigenvalue weighted by Gasteiger charge is -2.32. The number of carbonyl (C=O) groups excluding carboxylic acids is 2. The van der Waals surface area contributed by atoms with Crippen LogP contribution in [0.1, 0.15) is 58.3 Å². The highest BCUT2D eigenvalue weighted by Gasteiger charge is 2.28. The molecule has 1 aliphatic rings. The van der Waals surface area contributed by atoms with E-state index >= 15 is 0 Å². The van der Waals surface area contributed by atoms with Crippen molar-refractivity contribution < 1.29 is 9.59 Å². The number of nitrogens with zero attached hydrogens (tertiary/aromatic N) is 1. The number of carbonyl (C=O) groups is 2. The van der Waals surface area contributed by atoms with E-state index in [2.05, 4.69) is 12.2 Å². The maximum Gasteiger partial charge on any atom is 0.229 e. The van der Waals surface area contributed by atoms with Gasteiger partial charge in [0, 0.05) is 25.2 Å². The zero-order chi connectivity index (χ0) is 17.2. The molecule has 1 N–H and O–H groups in total. The lowest BCUT2D eigenvalue weighted by atomic mass is 9.96. The number of para-hydroxylation sites is 1. The van der Waals surface area contributed by atoms with Crippen LogP contribution in [0, 0.1) is 5.92 Å². The van der Waals surface area contributed by atoms with Gasteiger partial charge in [0.05, 0.1) is 5.92 Å². The number of hydrogen-bond acceptors (Lipinski definition) is 2. The lowest BCUT2D eigenvalue weighted by Crippen LogP contribution is -2.43. The molecule has 0 radical (unpaired) electrons.